The van der Waals surface area contributed by atoms with Gasteiger partial charge in [0.15, 0.2) is 0 Å². The maximum atomic E-state index is 13.6. The van der Waals surface area contributed by atoms with Crippen LogP contribution in [0, 0.1) is 18.8 Å². The van der Waals surface area contributed by atoms with Crippen molar-refractivity contribution in [1.82, 2.24) is 15.1 Å². The van der Waals surface area contributed by atoms with E-state index < -0.39 is 23.4 Å². The lowest BCUT2D eigenvalue weighted by molar-refractivity contribution is -0.159. The van der Waals surface area contributed by atoms with Gasteiger partial charge in [0.25, 0.3) is 0 Å². The number of hydrogen-bond donors (Lipinski definition) is 0. The monoisotopic (exact) mass is 457 g/mol. The number of carbonyl (C=O) groups is 1. The van der Waals surface area contributed by atoms with E-state index in [2.05, 4.69) is 40.4 Å². The van der Waals surface area contributed by atoms with Crippen molar-refractivity contribution >= 4 is 5.78 Å². The van der Waals surface area contributed by atoms with Crippen LogP contribution < -0.4 is 0 Å². The Kier molecular flexibility index (Phi) is 5.88. The summed E-state index contributed by atoms with van der Waals surface area (Å²) < 4.78 is 42.7. The topological polar surface area (TPSA) is 68.9 Å². The molecular weight excluding hydrogens is 431 g/mol. The van der Waals surface area contributed by atoms with Crippen molar-refractivity contribution in [2.75, 3.05) is 0 Å². The molecule has 33 heavy (non-hydrogen) atoms. The van der Waals surface area contributed by atoms with Crippen LogP contribution in [0.4, 0.5) is 13.2 Å². The summed E-state index contributed by atoms with van der Waals surface area (Å²) in [7, 11) is 0. The van der Waals surface area contributed by atoms with E-state index in [1.807, 2.05) is 31.2 Å². The fraction of sp³-hybridized carbons (Fsp3) is 0.440. The van der Waals surface area contributed by atoms with Crippen LogP contribution in [0.1, 0.15) is 62.2 Å². The molecule has 3 unspecified atom stereocenters. The smallest absolute Gasteiger partial charge is 0.329 e. The number of benzene rings is 1. The molecule has 0 aliphatic heterocycles. The summed E-state index contributed by atoms with van der Waals surface area (Å²) >= 11 is 0. The van der Waals surface area contributed by atoms with Crippen LogP contribution in [0.5, 0.6) is 0 Å². The lowest BCUT2D eigenvalue weighted by Gasteiger charge is -2.44. The molecule has 1 aliphatic carbocycles. The fourth-order valence-corrected chi connectivity index (χ4v) is 4.82. The molecule has 8 heteroatoms. The fourth-order valence-electron chi connectivity index (χ4n) is 4.82. The molecular formula is C25H26F3N3O2. The van der Waals surface area contributed by atoms with Gasteiger partial charge in [-0.2, -0.15) is 18.2 Å². The first-order valence-corrected chi connectivity index (χ1v) is 11.0. The Morgan fingerprint density at radius 1 is 1.12 bits per heavy atom. The minimum absolute atomic E-state index is 0.0365. The van der Waals surface area contributed by atoms with Gasteiger partial charge >= 0.3 is 12.1 Å². The zero-order chi connectivity index (χ0) is 24.0. The summed E-state index contributed by atoms with van der Waals surface area (Å²) in [5, 5.41) is 3.45. The van der Waals surface area contributed by atoms with Crippen molar-refractivity contribution in [1.29, 1.82) is 0 Å². The number of alkyl halides is 3. The first-order valence-electron chi connectivity index (χ1n) is 11.0. The predicted octanol–water partition coefficient (Wildman–Crippen LogP) is 6.14. The van der Waals surface area contributed by atoms with Gasteiger partial charge in [-0.1, -0.05) is 56.3 Å². The number of halogens is 3. The molecule has 1 fully saturated rings. The van der Waals surface area contributed by atoms with Gasteiger partial charge in [0.1, 0.15) is 5.78 Å². The van der Waals surface area contributed by atoms with Crippen molar-refractivity contribution < 1.29 is 22.5 Å². The Bertz CT molecular complexity index is 1140. The van der Waals surface area contributed by atoms with Gasteiger partial charge in [0.05, 0.1) is 11.6 Å². The molecule has 3 atom stereocenters. The minimum Gasteiger partial charge on any atom is -0.329 e. The van der Waals surface area contributed by atoms with E-state index in [4.69, 9.17) is 0 Å². The molecule has 174 valence electrons. The third-order valence-corrected chi connectivity index (χ3v) is 6.77. The van der Waals surface area contributed by atoms with Crippen LogP contribution >= 0.6 is 0 Å². The van der Waals surface area contributed by atoms with Crippen LogP contribution in [0.2, 0.25) is 0 Å². The van der Waals surface area contributed by atoms with Crippen LogP contribution in [-0.2, 0) is 16.4 Å². The van der Waals surface area contributed by atoms with Crippen molar-refractivity contribution in [2.45, 2.75) is 58.0 Å². The summed E-state index contributed by atoms with van der Waals surface area (Å²) in [4.78, 5) is 21.7. The molecule has 3 aromatic rings. The zero-order valence-corrected chi connectivity index (χ0v) is 19.0. The SMILES string of the molecule is Cc1ccc(C2C(=O)C(C(C)C)CCC2(C)c2ccc(-c3noc(C(F)(F)F)n3)cc2)nc1. The zero-order valence-electron chi connectivity index (χ0n) is 19.0. The molecule has 0 radical (unpaired) electrons. The van der Waals surface area contributed by atoms with E-state index in [9.17, 15) is 18.0 Å². The van der Waals surface area contributed by atoms with E-state index >= 15 is 0 Å². The van der Waals surface area contributed by atoms with Crippen molar-refractivity contribution in [3.05, 3.63) is 65.3 Å². The number of nitrogens with zero attached hydrogens (tertiary/aromatic N) is 3. The van der Waals surface area contributed by atoms with Crippen LogP contribution in [0.15, 0.2) is 47.1 Å². The van der Waals surface area contributed by atoms with Crippen molar-refractivity contribution in [2.24, 2.45) is 11.8 Å². The maximum Gasteiger partial charge on any atom is 0.471 e. The quantitative estimate of drug-likeness (QED) is 0.471. The number of rotatable bonds is 4. The second-order valence-electron chi connectivity index (χ2n) is 9.40. The standard InChI is InChI=1S/C25H26F3N3O2/c1-14(2)18-11-12-24(4,20(21(18)32)19-10-5-15(3)13-29-19)17-8-6-16(7-9-17)22-30-23(33-31-22)25(26,27)28/h5-10,13-14,18,20H,11-12H2,1-4H3. The number of ketones is 1. The molecule has 1 aliphatic rings. The second-order valence-corrected chi connectivity index (χ2v) is 9.40. The highest BCUT2D eigenvalue weighted by atomic mass is 19.4. The molecule has 0 N–H and O–H groups in total. The predicted molar refractivity (Wildman–Crippen MR) is 116 cm³/mol. The van der Waals surface area contributed by atoms with E-state index in [1.165, 1.54) is 0 Å². The number of pyridine rings is 1. The Morgan fingerprint density at radius 2 is 1.82 bits per heavy atom. The van der Waals surface area contributed by atoms with Gasteiger partial charge in [-0.05, 0) is 42.9 Å². The normalized spacial score (nSPS) is 23.8. The number of carbonyl (C=O) groups excluding carboxylic acids is 1. The maximum absolute atomic E-state index is 13.6. The van der Waals surface area contributed by atoms with Gasteiger partial charge in [-0.15, -0.1) is 0 Å². The van der Waals surface area contributed by atoms with Gasteiger partial charge in [-0.25, -0.2) is 0 Å². The van der Waals surface area contributed by atoms with Crippen LogP contribution in [0.3, 0.4) is 0 Å². The average Bonchev–Trinajstić information content (AvgIpc) is 3.26. The van der Waals surface area contributed by atoms with Gasteiger partial charge < -0.3 is 4.52 Å². The highest BCUT2D eigenvalue weighted by Gasteiger charge is 2.49. The molecule has 2 aromatic heterocycles. The molecule has 0 amide bonds. The number of aromatic nitrogens is 3. The first kappa shape index (κ1) is 23.1. The number of Topliss-reactive ketones (excluding diaryl/α,β-unsaturated/α-hetero) is 1. The van der Waals surface area contributed by atoms with E-state index in [0.29, 0.717) is 5.56 Å². The summed E-state index contributed by atoms with van der Waals surface area (Å²) in [5.74, 6) is -1.53. The Morgan fingerprint density at radius 3 is 2.36 bits per heavy atom. The molecule has 0 saturated heterocycles. The number of hydrogen-bond acceptors (Lipinski definition) is 5. The molecule has 1 saturated carbocycles. The third-order valence-electron chi connectivity index (χ3n) is 6.77. The summed E-state index contributed by atoms with van der Waals surface area (Å²) in [6.45, 7) is 8.16. The van der Waals surface area contributed by atoms with Gasteiger partial charge in [0, 0.05) is 23.1 Å². The molecule has 0 spiro atoms. The molecule has 1 aromatic carbocycles. The summed E-state index contributed by atoms with van der Waals surface area (Å²) in [6.07, 6.45) is -1.35. The lowest BCUT2D eigenvalue weighted by Crippen LogP contribution is -2.45. The van der Waals surface area contributed by atoms with E-state index in [0.717, 1.165) is 29.7 Å². The van der Waals surface area contributed by atoms with E-state index in [-0.39, 0.29) is 23.4 Å². The number of aryl methyl sites for hydroxylation is 1. The molecule has 0 bridgehead atoms. The van der Waals surface area contributed by atoms with Crippen molar-refractivity contribution in [3.63, 3.8) is 0 Å². The summed E-state index contributed by atoms with van der Waals surface area (Å²) in [6, 6.07) is 10.9. The average molecular weight is 457 g/mol. The van der Waals surface area contributed by atoms with Gasteiger partial charge in [0.2, 0.25) is 5.82 Å². The summed E-state index contributed by atoms with van der Waals surface area (Å²) in [5.41, 5.74) is 2.60. The Hall–Kier alpha value is -3.03. The first-order chi connectivity index (χ1) is 15.5. The molecule has 4 rings (SSSR count). The lowest BCUT2D eigenvalue weighted by atomic mass is 9.58. The van der Waals surface area contributed by atoms with Gasteiger partial charge in [-0.3, -0.25) is 9.78 Å². The molecule has 2 heterocycles. The van der Waals surface area contributed by atoms with Crippen molar-refractivity contribution in [3.8, 4) is 11.4 Å². The minimum atomic E-state index is -4.69. The Labute approximate surface area is 190 Å². The highest BCUT2D eigenvalue weighted by molar-refractivity contribution is 5.90. The van der Waals surface area contributed by atoms with E-state index in [1.54, 1.807) is 18.3 Å². The highest BCUT2D eigenvalue weighted by Crippen LogP contribution is 2.50. The second kappa shape index (κ2) is 8.39. The van der Waals surface area contributed by atoms with Crippen LogP contribution in [0.25, 0.3) is 11.4 Å². The Balaban J connectivity index is 1.71. The molecule has 5 nitrogen and oxygen atoms in total. The van der Waals surface area contributed by atoms with Crippen LogP contribution in [-0.4, -0.2) is 20.9 Å². The largest absolute Gasteiger partial charge is 0.471 e. The third kappa shape index (κ3) is 4.30.